The van der Waals surface area contributed by atoms with Gasteiger partial charge in [0.25, 0.3) is 5.91 Å². The number of primary amides is 1. The lowest BCUT2D eigenvalue weighted by Gasteiger charge is -2.08. The molecule has 7 nitrogen and oxygen atoms in total. The van der Waals surface area contributed by atoms with E-state index in [1.165, 1.54) is 0 Å². The second-order valence-corrected chi connectivity index (χ2v) is 6.33. The van der Waals surface area contributed by atoms with Crippen molar-refractivity contribution >= 4 is 28.5 Å². The molecule has 4 aromatic rings. The first-order valence-electron chi connectivity index (χ1n) is 8.68. The van der Waals surface area contributed by atoms with Crippen LogP contribution in [0.15, 0.2) is 72.8 Å². The Morgan fingerprint density at radius 3 is 2.50 bits per heavy atom. The molecule has 2 amide bonds. The number of aromatic nitrogens is 3. The van der Waals surface area contributed by atoms with Crippen LogP contribution in [0.1, 0.15) is 26.3 Å². The predicted molar refractivity (Wildman–Crippen MR) is 106 cm³/mol. The second kappa shape index (κ2) is 7.32. The van der Waals surface area contributed by atoms with Gasteiger partial charge in [-0.05, 0) is 48.0 Å². The molecule has 0 unspecified atom stereocenters. The van der Waals surface area contributed by atoms with Crippen molar-refractivity contribution in [2.75, 3.05) is 5.32 Å². The SMILES string of the molecule is NC(=O)c1cccc(NC(=O)c2ccc(Cn3nnc4ccccc43)cc2)c1. The minimum absolute atomic E-state index is 0.264. The molecule has 3 aromatic carbocycles. The molecule has 0 aliphatic rings. The van der Waals surface area contributed by atoms with Crippen LogP contribution in [-0.2, 0) is 6.54 Å². The molecular weight excluding hydrogens is 354 g/mol. The third-order valence-corrected chi connectivity index (χ3v) is 4.37. The quantitative estimate of drug-likeness (QED) is 0.563. The zero-order valence-electron chi connectivity index (χ0n) is 14.9. The molecule has 3 N–H and O–H groups in total. The standard InChI is InChI=1S/C21H17N5O2/c22-20(27)16-4-3-5-17(12-16)23-21(28)15-10-8-14(9-11-15)13-26-19-7-2-1-6-18(19)24-25-26/h1-12H,13H2,(H2,22,27)(H,23,28). The Morgan fingerprint density at radius 2 is 1.71 bits per heavy atom. The van der Waals surface area contributed by atoms with Crippen LogP contribution < -0.4 is 11.1 Å². The van der Waals surface area contributed by atoms with Crippen LogP contribution in [0, 0.1) is 0 Å². The van der Waals surface area contributed by atoms with Crippen molar-refractivity contribution in [3.05, 3.63) is 89.5 Å². The molecule has 0 spiro atoms. The summed E-state index contributed by atoms with van der Waals surface area (Å²) in [5.41, 5.74) is 9.44. The highest BCUT2D eigenvalue weighted by molar-refractivity contribution is 6.05. The Balaban J connectivity index is 1.47. The lowest BCUT2D eigenvalue weighted by atomic mass is 10.1. The molecule has 0 saturated heterocycles. The number of nitrogens with zero attached hydrogens (tertiary/aromatic N) is 3. The molecule has 0 saturated carbocycles. The normalized spacial score (nSPS) is 10.7. The number of para-hydroxylation sites is 1. The number of carbonyl (C=O) groups is 2. The van der Waals surface area contributed by atoms with Crippen LogP contribution in [-0.4, -0.2) is 26.8 Å². The number of hydrogen-bond acceptors (Lipinski definition) is 4. The zero-order valence-corrected chi connectivity index (χ0v) is 14.9. The Morgan fingerprint density at radius 1 is 0.929 bits per heavy atom. The summed E-state index contributed by atoms with van der Waals surface area (Å²) in [6.07, 6.45) is 0. The number of carbonyl (C=O) groups excluding carboxylic acids is 2. The topological polar surface area (TPSA) is 103 Å². The van der Waals surface area contributed by atoms with E-state index >= 15 is 0 Å². The van der Waals surface area contributed by atoms with Gasteiger partial charge in [0.15, 0.2) is 0 Å². The first kappa shape index (κ1) is 17.4. The number of nitrogens with two attached hydrogens (primary N) is 1. The number of nitrogens with one attached hydrogen (secondary N) is 1. The van der Waals surface area contributed by atoms with E-state index in [0.29, 0.717) is 23.4 Å². The van der Waals surface area contributed by atoms with Crippen molar-refractivity contribution in [1.29, 1.82) is 0 Å². The molecule has 7 heteroatoms. The van der Waals surface area contributed by atoms with Gasteiger partial charge in [0.05, 0.1) is 12.1 Å². The van der Waals surface area contributed by atoms with E-state index in [-0.39, 0.29) is 5.91 Å². The smallest absolute Gasteiger partial charge is 0.255 e. The molecule has 28 heavy (non-hydrogen) atoms. The van der Waals surface area contributed by atoms with E-state index in [1.54, 1.807) is 36.4 Å². The number of benzene rings is 3. The monoisotopic (exact) mass is 371 g/mol. The first-order chi connectivity index (χ1) is 13.6. The Hall–Kier alpha value is -4.00. The highest BCUT2D eigenvalue weighted by atomic mass is 16.2. The summed E-state index contributed by atoms with van der Waals surface area (Å²) in [5.74, 6) is -0.805. The number of hydrogen-bond donors (Lipinski definition) is 2. The van der Waals surface area contributed by atoms with Gasteiger partial charge >= 0.3 is 0 Å². The van der Waals surface area contributed by atoms with Crippen molar-refractivity contribution in [2.45, 2.75) is 6.54 Å². The summed E-state index contributed by atoms with van der Waals surface area (Å²) < 4.78 is 1.82. The van der Waals surface area contributed by atoms with E-state index in [9.17, 15) is 9.59 Å². The molecule has 1 heterocycles. The van der Waals surface area contributed by atoms with Crippen LogP contribution in [0.3, 0.4) is 0 Å². The fraction of sp³-hybridized carbons (Fsp3) is 0.0476. The van der Waals surface area contributed by atoms with E-state index in [0.717, 1.165) is 16.6 Å². The maximum atomic E-state index is 12.4. The van der Waals surface area contributed by atoms with Gasteiger partial charge in [0, 0.05) is 16.8 Å². The van der Waals surface area contributed by atoms with E-state index in [4.69, 9.17) is 5.73 Å². The van der Waals surface area contributed by atoms with Crippen molar-refractivity contribution in [1.82, 2.24) is 15.0 Å². The number of rotatable bonds is 5. The zero-order chi connectivity index (χ0) is 19.5. The average molecular weight is 371 g/mol. The number of anilines is 1. The molecule has 0 bridgehead atoms. The molecule has 138 valence electrons. The largest absolute Gasteiger partial charge is 0.366 e. The van der Waals surface area contributed by atoms with Gasteiger partial charge < -0.3 is 11.1 Å². The summed E-state index contributed by atoms with van der Waals surface area (Å²) >= 11 is 0. The highest BCUT2D eigenvalue weighted by Gasteiger charge is 2.09. The van der Waals surface area contributed by atoms with E-state index < -0.39 is 5.91 Å². The van der Waals surface area contributed by atoms with Crippen molar-refractivity contribution < 1.29 is 9.59 Å². The second-order valence-electron chi connectivity index (χ2n) is 6.33. The van der Waals surface area contributed by atoms with E-state index in [1.807, 2.05) is 41.1 Å². The first-order valence-corrected chi connectivity index (χ1v) is 8.68. The van der Waals surface area contributed by atoms with Crippen LogP contribution in [0.2, 0.25) is 0 Å². The molecule has 0 radical (unpaired) electrons. The summed E-state index contributed by atoms with van der Waals surface area (Å²) in [7, 11) is 0. The summed E-state index contributed by atoms with van der Waals surface area (Å²) in [6, 6.07) is 21.5. The summed E-state index contributed by atoms with van der Waals surface area (Å²) in [6.45, 7) is 0.559. The van der Waals surface area contributed by atoms with Gasteiger partial charge in [-0.15, -0.1) is 5.10 Å². The molecular formula is C21H17N5O2. The fourth-order valence-corrected chi connectivity index (χ4v) is 2.92. The Bertz CT molecular complexity index is 1160. The number of fused-ring (bicyclic) bond motifs is 1. The summed E-state index contributed by atoms with van der Waals surface area (Å²) in [5, 5.41) is 11.1. The Kier molecular flexibility index (Phi) is 4.55. The van der Waals surface area contributed by atoms with Gasteiger partial charge in [-0.25, -0.2) is 4.68 Å². The van der Waals surface area contributed by atoms with E-state index in [2.05, 4.69) is 15.6 Å². The summed E-state index contributed by atoms with van der Waals surface area (Å²) in [4.78, 5) is 23.7. The lowest BCUT2D eigenvalue weighted by Crippen LogP contribution is -2.14. The lowest BCUT2D eigenvalue weighted by molar-refractivity contribution is 0.0996. The van der Waals surface area contributed by atoms with Gasteiger partial charge in [0.2, 0.25) is 5.91 Å². The van der Waals surface area contributed by atoms with Gasteiger partial charge in [0.1, 0.15) is 5.52 Å². The molecule has 4 rings (SSSR count). The third-order valence-electron chi connectivity index (χ3n) is 4.37. The minimum Gasteiger partial charge on any atom is -0.366 e. The van der Waals surface area contributed by atoms with Gasteiger partial charge in [-0.3, -0.25) is 9.59 Å². The average Bonchev–Trinajstić information content (AvgIpc) is 3.12. The van der Waals surface area contributed by atoms with Gasteiger partial charge in [-0.2, -0.15) is 0 Å². The van der Waals surface area contributed by atoms with Crippen LogP contribution in [0.5, 0.6) is 0 Å². The van der Waals surface area contributed by atoms with Crippen LogP contribution in [0.4, 0.5) is 5.69 Å². The fourth-order valence-electron chi connectivity index (χ4n) is 2.92. The number of amides is 2. The maximum absolute atomic E-state index is 12.4. The van der Waals surface area contributed by atoms with Crippen molar-refractivity contribution in [2.24, 2.45) is 5.73 Å². The molecule has 0 aliphatic heterocycles. The molecule has 0 atom stereocenters. The van der Waals surface area contributed by atoms with Gasteiger partial charge in [-0.1, -0.05) is 35.5 Å². The Labute approximate surface area is 160 Å². The maximum Gasteiger partial charge on any atom is 0.255 e. The van der Waals surface area contributed by atoms with Crippen molar-refractivity contribution in [3.63, 3.8) is 0 Å². The van der Waals surface area contributed by atoms with Crippen LogP contribution in [0.25, 0.3) is 11.0 Å². The molecule has 0 aliphatic carbocycles. The highest BCUT2D eigenvalue weighted by Crippen LogP contribution is 2.15. The van der Waals surface area contributed by atoms with Crippen LogP contribution >= 0.6 is 0 Å². The molecule has 0 fully saturated rings. The third kappa shape index (κ3) is 3.59. The predicted octanol–water partition coefficient (Wildman–Crippen LogP) is 2.83. The van der Waals surface area contributed by atoms with Crippen molar-refractivity contribution in [3.8, 4) is 0 Å². The molecule has 1 aromatic heterocycles. The minimum atomic E-state index is -0.541.